The predicted octanol–water partition coefficient (Wildman–Crippen LogP) is 3.43. The van der Waals surface area contributed by atoms with E-state index >= 15 is 0 Å². The lowest BCUT2D eigenvalue weighted by Crippen LogP contribution is -2.23. The van der Waals surface area contributed by atoms with E-state index in [2.05, 4.69) is 25.4 Å². The van der Waals surface area contributed by atoms with Crippen LogP contribution < -0.4 is 5.32 Å². The zero-order valence-electron chi connectivity index (χ0n) is 15.2. The summed E-state index contributed by atoms with van der Waals surface area (Å²) in [6.07, 6.45) is 4.81. The molecule has 1 aromatic carbocycles. The number of pyridine rings is 1. The Morgan fingerprint density at radius 1 is 1.11 bits per heavy atom. The molecule has 3 heterocycles. The number of nitrogens with zero attached hydrogens (tertiary/aromatic N) is 4. The highest BCUT2D eigenvalue weighted by Gasteiger charge is 2.13. The van der Waals surface area contributed by atoms with Gasteiger partial charge in [0.2, 0.25) is 0 Å². The van der Waals surface area contributed by atoms with Crippen molar-refractivity contribution in [1.82, 2.24) is 25.4 Å². The minimum absolute atomic E-state index is 0.205. The molecule has 28 heavy (non-hydrogen) atoms. The van der Waals surface area contributed by atoms with Crippen molar-refractivity contribution in [1.29, 1.82) is 0 Å². The normalized spacial score (nSPS) is 10.6. The van der Waals surface area contributed by atoms with E-state index in [4.69, 9.17) is 4.52 Å². The molecule has 7 nitrogen and oxygen atoms in total. The van der Waals surface area contributed by atoms with Crippen LogP contribution in [0.1, 0.15) is 21.7 Å². The number of carbonyl (C=O) groups excluding carboxylic acids is 1. The third kappa shape index (κ3) is 3.78. The molecule has 0 spiro atoms. The molecule has 0 atom stereocenters. The maximum Gasteiger partial charge on any atom is 0.270 e. The van der Waals surface area contributed by atoms with Crippen molar-refractivity contribution in [3.05, 3.63) is 84.2 Å². The van der Waals surface area contributed by atoms with Crippen molar-refractivity contribution in [2.24, 2.45) is 0 Å². The van der Waals surface area contributed by atoms with E-state index in [0.717, 1.165) is 28.1 Å². The monoisotopic (exact) mass is 371 g/mol. The van der Waals surface area contributed by atoms with Crippen molar-refractivity contribution < 1.29 is 9.32 Å². The van der Waals surface area contributed by atoms with E-state index in [1.54, 1.807) is 30.6 Å². The third-order valence-electron chi connectivity index (χ3n) is 4.18. The second kappa shape index (κ2) is 7.79. The average molecular weight is 371 g/mol. The Labute approximate surface area is 161 Å². The second-order valence-corrected chi connectivity index (χ2v) is 6.21. The minimum Gasteiger partial charge on any atom is -0.356 e. The number of aryl methyl sites for hydroxylation is 1. The van der Waals surface area contributed by atoms with Gasteiger partial charge in [-0.05, 0) is 24.6 Å². The summed E-state index contributed by atoms with van der Waals surface area (Å²) >= 11 is 0. The molecule has 0 saturated heterocycles. The van der Waals surface area contributed by atoms with Gasteiger partial charge in [-0.25, -0.2) is 9.97 Å². The fraction of sp³-hybridized carbons (Fsp3) is 0.0952. The second-order valence-electron chi connectivity index (χ2n) is 6.21. The molecule has 4 rings (SSSR count). The van der Waals surface area contributed by atoms with Crippen LogP contribution in [0, 0.1) is 6.92 Å². The summed E-state index contributed by atoms with van der Waals surface area (Å²) in [6, 6.07) is 14.9. The maximum atomic E-state index is 12.1. The van der Waals surface area contributed by atoms with Gasteiger partial charge in [0.1, 0.15) is 12.0 Å². The van der Waals surface area contributed by atoms with Gasteiger partial charge in [-0.15, -0.1) is 0 Å². The fourth-order valence-electron chi connectivity index (χ4n) is 2.78. The standard InChI is InChI=1S/C21H17N5O2/c1-14-10-19(28-26-14)17-12-22-13-25-20(17)16-7-5-15(6-8-16)11-24-21(27)18-4-2-3-9-23-18/h2-10,12-13H,11H2,1H3,(H,24,27). The SMILES string of the molecule is Cc1cc(-c2cncnc2-c2ccc(CNC(=O)c3ccccn3)cc2)on1. The van der Waals surface area contributed by atoms with Gasteiger partial charge in [0.25, 0.3) is 5.91 Å². The highest BCUT2D eigenvalue weighted by Crippen LogP contribution is 2.30. The molecule has 0 fully saturated rings. The summed E-state index contributed by atoms with van der Waals surface area (Å²) in [5, 5.41) is 6.80. The number of hydrogen-bond donors (Lipinski definition) is 1. The number of aromatic nitrogens is 4. The largest absolute Gasteiger partial charge is 0.356 e. The van der Waals surface area contributed by atoms with Crippen molar-refractivity contribution in [3.63, 3.8) is 0 Å². The summed E-state index contributed by atoms with van der Waals surface area (Å²) in [5.41, 5.74) is 4.62. The van der Waals surface area contributed by atoms with Crippen LogP contribution in [0.4, 0.5) is 0 Å². The molecular weight excluding hydrogens is 354 g/mol. The van der Waals surface area contributed by atoms with Gasteiger partial charge in [-0.3, -0.25) is 9.78 Å². The Morgan fingerprint density at radius 3 is 2.68 bits per heavy atom. The number of amides is 1. The van der Waals surface area contributed by atoms with E-state index in [-0.39, 0.29) is 5.91 Å². The van der Waals surface area contributed by atoms with Gasteiger partial charge >= 0.3 is 0 Å². The first-order valence-electron chi connectivity index (χ1n) is 8.73. The van der Waals surface area contributed by atoms with E-state index in [1.165, 1.54) is 6.33 Å². The number of carbonyl (C=O) groups is 1. The van der Waals surface area contributed by atoms with Crippen LogP contribution in [0.25, 0.3) is 22.6 Å². The minimum atomic E-state index is -0.205. The van der Waals surface area contributed by atoms with Crippen molar-refractivity contribution in [3.8, 4) is 22.6 Å². The Hall–Kier alpha value is -3.87. The molecule has 0 radical (unpaired) electrons. The lowest BCUT2D eigenvalue weighted by molar-refractivity contribution is 0.0946. The molecule has 7 heteroatoms. The van der Waals surface area contributed by atoms with Crippen molar-refractivity contribution >= 4 is 5.91 Å². The van der Waals surface area contributed by atoms with Gasteiger partial charge in [0.15, 0.2) is 5.76 Å². The number of hydrogen-bond acceptors (Lipinski definition) is 6. The van der Waals surface area contributed by atoms with Crippen LogP contribution in [0.15, 0.2) is 71.8 Å². The van der Waals surface area contributed by atoms with Crippen molar-refractivity contribution in [2.45, 2.75) is 13.5 Å². The van der Waals surface area contributed by atoms with Gasteiger partial charge in [-0.1, -0.05) is 35.5 Å². The Balaban J connectivity index is 1.51. The highest BCUT2D eigenvalue weighted by atomic mass is 16.5. The number of benzene rings is 1. The van der Waals surface area contributed by atoms with E-state index in [1.807, 2.05) is 37.3 Å². The van der Waals surface area contributed by atoms with Gasteiger partial charge in [0.05, 0.1) is 17.0 Å². The van der Waals surface area contributed by atoms with Crippen LogP contribution in [0.2, 0.25) is 0 Å². The molecule has 1 amide bonds. The quantitative estimate of drug-likeness (QED) is 0.578. The molecule has 0 unspecified atom stereocenters. The molecular formula is C21H17N5O2. The molecule has 1 N–H and O–H groups in total. The molecule has 0 aliphatic carbocycles. The number of rotatable bonds is 5. The summed E-state index contributed by atoms with van der Waals surface area (Å²) in [5.74, 6) is 0.420. The summed E-state index contributed by atoms with van der Waals surface area (Å²) in [7, 11) is 0. The van der Waals surface area contributed by atoms with Crippen LogP contribution in [0.3, 0.4) is 0 Å². The Morgan fingerprint density at radius 2 is 1.96 bits per heavy atom. The average Bonchev–Trinajstić information content (AvgIpc) is 3.19. The van der Waals surface area contributed by atoms with Gasteiger partial charge in [-0.2, -0.15) is 0 Å². The van der Waals surface area contributed by atoms with Crippen LogP contribution in [-0.4, -0.2) is 26.0 Å². The Bertz CT molecular complexity index is 1090. The summed E-state index contributed by atoms with van der Waals surface area (Å²) < 4.78 is 5.36. The highest BCUT2D eigenvalue weighted by molar-refractivity contribution is 5.92. The third-order valence-corrected chi connectivity index (χ3v) is 4.18. The zero-order valence-corrected chi connectivity index (χ0v) is 15.2. The smallest absolute Gasteiger partial charge is 0.270 e. The molecule has 138 valence electrons. The van der Waals surface area contributed by atoms with Crippen LogP contribution in [0.5, 0.6) is 0 Å². The number of nitrogens with one attached hydrogen (secondary N) is 1. The predicted molar refractivity (Wildman–Crippen MR) is 103 cm³/mol. The zero-order chi connectivity index (χ0) is 19.3. The van der Waals surface area contributed by atoms with E-state index in [0.29, 0.717) is 18.0 Å². The van der Waals surface area contributed by atoms with Gasteiger partial charge < -0.3 is 9.84 Å². The fourth-order valence-corrected chi connectivity index (χ4v) is 2.78. The first kappa shape index (κ1) is 17.5. The maximum absolute atomic E-state index is 12.1. The topological polar surface area (TPSA) is 93.8 Å². The van der Waals surface area contributed by atoms with Crippen molar-refractivity contribution in [2.75, 3.05) is 0 Å². The molecule has 0 aliphatic rings. The van der Waals surface area contributed by atoms with E-state index < -0.39 is 0 Å². The lowest BCUT2D eigenvalue weighted by Gasteiger charge is -2.08. The van der Waals surface area contributed by atoms with E-state index in [9.17, 15) is 4.79 Å². The molecule has 4 aromatic rings. The molecule has 0 bridgehead atoms. The summed E-state index contributed by atoms with van der Waals surface area (Å²) in [6.45, 7) is 2.28. The first-order valence-corrected chi connectivity index (χ1v) is 8.73. The molecule has 0 aliphatic heterocycles. The van der Waals surface area contributed by atoms with Gasteiger partial charge in [0, 0.05) is 30.6 Å². The molecule has 3 aromatic heterocycles. The first-order chi connectivity index (χ1) is 13.7. The molecule has 0 saturated carbocycles. The summed E-state index contributed by atoms with van der Waals surface area (Å²) in [4.78, 5) is 24.6. The van der Waals surface area contributed by atoms with Crippen LogP contribution in [-0.2, 0) is 6.54 Å². The lowest BCUT2D eigenvalue weighted by atomic mass is 10.0. The Kier molecular flexibility index (Phi) is 4.88. The van der Waals surface area contributed by atoms with Crippen LogP contribution >= 0.6 is 0 Å².